The van der Waals surface area contributed by atoms with Crippen molar-refractivity contribution >= 4 is 33.0 Å². The third-order valence-corrected chi connectivity index (χ3v) is 4.00. The fourth-order valence-corrected chi connectivity index (χ4v) is 3.10. The van der Waals surface area contributed by atoms with E-state index in [1.54, 1.807) is 23.6 Å². The molecule has 0 fully saturated rings. The SMILES string of the molecule is Cc1cnc(Cl)nc1-c1cc2c(O)cccc2s1. The maximum Gasteiger partial charge on any atom is 0.222 e. The van der Waals surface area contributed by atoms with Gasteiger partial charge in [-0.3, -0.25) is 0 Å². The van der Waals surface area contributed by atoms with Crippen LogP contribution in [0.25, 0.3) is 20.7 Å². The molecule has 0 saturated carbocycles. The first-order chi connectivity index (χ1) is 8.65. The molecule has 5 heteroatoms. The van der Waals surface area contributed by atoms with E-state index in [0.717, 1.165) is 26.2 Å². The highest BCUT2D eigenvalue weighted by atomic mass is 35.5. The summed E-state index contributed by atoms with van der Waals surface area (Å²) in [6.07, 6.45) is 1.70. The topological polar surface area (TPSA) is 46.0 Å². The van der Waals surface area contributed by atoms with Crippen LogP contribution in [0.15, 0.2) is 30.5 Å². The maximum atomic E-state index is 9.80. The van der Waals surface area contributed by atoms with Crippen LogP contribution in [0.2, 0.25) is 5.28 Å². The zero-order valence-corrected chi connectivity index (χ0v) is 11.1. The second-order valence-corrected chi connectivity index (χ2v) is 5.39. The number of halogens is 1. The van der Waals surface area contributed by atoms with Crippen LogP contribution in [0.1, 0.15) is 5.56 Å². The molecule has 2 heterocycles. The molecule has 3 aromatic rings. The number of hydrogen-bond acceptors (Lipinski definition) is 4. The molecule has 3 rings (SSSR count). The minimum absolute atomic E-state index is 0.234. The van der Waals surface area contributed by atoms with Crippen molar-refractivity contribution in [3.05, 3.63) is 41.3 Å². The van der Waals surface area contributed by atoms with Gasteiger partial charge in [-0.1, -0.05) is 6.07 Å². The molecular formula is C13H9ClN2OS. The van der Waals surface area contributed by atoms with Crippen LogP contribution in [0.4, 0.5) is 0 Å². The van der Waals surface area contributed by atoms with E-state index in [1.807, 2.05) is 25.1 Å². The molecule has 2 aromatic heterocycles. The fraction of sp³-hybridized carbons (Fsp3) is 0.0769. The zero-order chi connectivity index (χ0) is 12.7. The standard InChI is InChI=1S/C13H9ClN2OS/c1-7-6-15-13(14)16-12(7)11-5-8-9(17)3-2-4-10(8)18-11/h2-6,17H,1H3. The molecule has 0 unspecified atom stereocenters. The van der Waals surface area contributed by atoms with Gasteiger partial charge in [-0.15, -0.1) is 11.3 Å². The summed E-state index contributed by atoms with van der Waals surface area (Å²) in [5.41, 5.74) is 1.78. The summed E-state index contributed by atoms with van der Waals surface area (Å²) in [4.78, 5) is 9.18. The van der Waals surface area contributed by atoms with Gasteiger partial charge in [0.15, 0.2) is 0 Å². The minimum Gasteiger partial charge on any atom is -0.507 e. The molecule has 0 spiro atoms. The molecule has 0 saturated heterocycles. The zero-order valence-electron chi connectivity index (χ0n) is 9.51. The lowest BCUT2D eigenvalue weighted by molar-refractivity contribution is 0.482. The molecule has 90 valence electrons. The van der Waals surface area contributed by atoms with E-state index in [2.05, 4.69) is 9.97 Å². The van der Waals surface area contributed by atoms with Gasteiger partial charge < -0.3 is 5.11 Å². The smallest absolute Gasteiger partial charge is 0.222 e. The molecule has 1 aromatic carbocycles. The van der Waals surface area contributed by atoms with Gasteiger partial charge in [0, 0.05) is 16.3 Å². The molecule has 0 aliphatic carbocycles. The van der Waals surface area contributed by atoms with Crippen LogP contribution in [0.5, 0.6) is 5.75 Å². The van der Waals surface area contributed by atoms with Crippen molar-refractivity contribution in [2.24, 2.45) is 0 Å². The van der Waals surface area contributed by atoms with Gasteiger partial charge in [-0.2, -0.15) is 0 Å². The summed E-state index contributed by atoms with van der Waals surface area (Å²) in [6, 6.07) is 7.42. The van der Waals surface area contributed by atoms with Crippen LogP contribution in [-0.4, -0.2) is 15.1 Å². The first kappa shape index (κ1) is 11.4. The number of rotatable bonds is 1. The molecule has 3 nitrogen and oxygen atoms in total. The van der Waals surface area contributed by atoms with Gasteiger partial charge in [-0.25, -0.2) is 9.97 Å². The van der Waals surface area contributed by atoms with Gasteiger partial charge in [0.2, 0.25) is 5.28 Å². The van der Waals surface area contributed by atoms with Crippen molar-refractivity contribution in [3.63, 3.8) is 0 Å². The van der Waals surface area contributed by atoms with Crippen molar-refractivity contribution < 1.29 is 5.11 Å². The molecule has 0 aliphatic rings. The first-order valence-electron chi connectivity index (χ1n) is 5.36. The Kier molecular flexibility index (Phi) is 2.69. The van der Waals surface area contributed by atoms with Crippen LogP contribution in [0, 0.1) is 6.92 Å². The Hall–Kier alpha value is -1.65. The maximum absolute atomic E-state index is 9.80. The number of aromatic nitrogens is 2. The molecule has 1 N–H and O–H groups in total. The monoisotopic (exact) mass is 276 g/mol. The number of phenols is 1. The van der Waals surface area contributed by atoms with Crippen molar-refractivity contribution in [2.75, 3.05) is 0 Å². The van der Waals surface area contributed by atoms with E-state index >= 15 is 0 Å². The second kappa shape index (κ2) is 4.23. The van der Waals surface area contributed by atoms with E-state index in [4.69, 9.17) is 11.6 Å². The van der Waals surface area contributed by atoms with Crippen LogP contribution < -0.4 is 0 Å². The lowest BCUT2D eigenvalue weighted by atomic mass is 10.2. The molecule has 18 heavy (non-hydrogen) atoms. The fourth-order valence-electron chi connectivity index (χ4n) is 1.83. The van der Waals surface area contributed by atoms with Gasteiger partial charge in [0.1, 0.15) is 5.75 Å². The average molecular weight is 277 g/mol. The Morgan fingerprint density at radius 1 is 1.33 bits per heavy atom. The normalized spacial score (nSPS) is 11.0. The summed E-state index contributed by atoms with van der Waals surface area (Å²) < 4.78 is 1.03. The second-order valence-electron chi connectivity index (χ2n) is 3.97. The van der Waals surface area contributed by atoms with Gasteiger partial charge in [-0.05, 0) is 42.3 Å². The van der Waals surface area contributed by atoms with Crippen molar-refractivity contribution in [1.82, 2.24) is 9.97 Å². The number of benzene rings is 1. The van der Waals surface area contributed by atoms with Gasteiger partial charge >= 0.3 is 0 Å². The number of thiophene rings is 1. The first-order valence-corrected chi connectivity index (χ1v) is 6.55. The minimum atomic E-state index is 0.234. The Bertz CT molecular complexity index is 739. The Labute approximate surface area is 113 Å². The van der Waals surface area contributed by atoms with E-state index in [9.17, 15) is 5.11 Å². The number of aromatic hydroxyl groups is 1. The van der Waals surface area contributed by atoms with Crippen molar-refractivity contribution in [1.29, 1.82) is 0 Å². The van der Waals surface area contributed by atoms with Gasteiger partial charge in [0.05, 0.1) is 10.6 Å². The summed E-state index contributed by atoms with van der Waals surface area (Å²) >= 11 is 7.41. The van der Waals surface area contributed by atoms with E-state index in [1.165, 1.54) is 0 Å². The van der Waals surface area contributed by atoms with Crippen LogP contribution in [-0.2, 0) is 0 Å². The third kappa shape index (κ3) is 1.83. The lowest BCUT2D eigenvalue weighted by Gasteiger charge is -2.00. The number of phenolic OH excluding ortho intramolecular Hbond substituents is 1. The highest BCUT2D eigenvalue weighted by Gasteiger charge is 2.11. The van der Waals surface area contributed by atoms with Gasteiger partial charge in [0.25, 0.3) is 0 Å². The third-order valence-electron chi connectivity index (χ3n) is 2.71. The number of aryl methyl sites for hydroxylation is 1. The quantitative estimate of drug-likeness (QED) is 0.683. The Balaban J connectivity index is 2.26. The lowest BCUT2D eigenvalue weighted by Crippen LogP contribution is -1.89. The highest BCUT2D eigenvalue weighted by Crippen LogP contribution is 2.37. The predicted molar refractivity (Wildman–Crippen MR) is 74.3 cm³/mol. The number of fused-ring (bicyclic) bond motifs is 1. The van der Waals surface area contributed by atoms with Crippen molar-refractivity contribution in [3.8, 4) is 16.3 Å². The number of nitrogens with zero attached hydrogens (tertiary/aromatic N) is 2. The highest BCUT2D eigenvalue weighted by molar-refractivity contribution is 7.22. The molecule has 0 radical (unpaired) electrons. The number of hydrogen-bond donors (Lipinski definition) is 1. The molecule has 0 atom stereocenters. The summed E-state index contributed by atoms with van der Waals surface area (Å²) in [5, 5.41) is 10.9. The van der Waals surface area contributed by atoms with E-state index < -0.39 is 0 Å². The predicted octanol–water partition coefficient (Wildman–Crippen LogP) is 4.03. The molecule has 0 amide bonds. The summed E-state index contributed by atoms with van der Waals surface area (Å²) in [7, 11) is 0. The largest absolute Gasteiger partial charge is 0.507 e. The molecule has 0 aliphatic heterocycles. The molecular weight excluding hydrogens is 268 g/mol. The Morgan fingerprint density at radius 3 is 2.94 bits per heavy atom. The van der Waals surface area contributed by atoms with Crippen LogP contribution in [0.3, 0.4) is 0 Å². The van der Waals surface area contributed by atoms with E-state index in [0.29, 0.717) is 0 Å². The Morgan fingerprint density at radius 2 is 2.17 bits per heavy atom. The molecule has 0 bridgehead atoms. The summed E-state index contributed by atoms with van der Waals surface area (Å²) in [5.74, 6) is 0.285. The average Bonchev–Trinajstić information content (AvgIpc) is 2.77. The van der Waals surface area contributed by atoms with Crippen LogP contribution >= 0.6 is 22.9 Å². The van der Waals surface area contributed by atoms with E-state index in [-0.39, 0.29) is 11.0 Å². The van der Waals surface area contributed by atoms with Crippen molar-refractivity contribution in [2.45, 2.75) is 6.92 Å². The summed E-state index contributed by atoms with van der Waals surface area (Å²) in [6.45, 7) is 1.94.